The third kappa shape index (κ3) is 16.0. The van der Waals surface area contributed by atoms with E-state index in [9.17, 15) is 24.9 Å². The number of ether oxygens (including phenoxy) is 2. The Labute approximate surface area is 255 Å². The summed E-state index contributed by atoms with van der Waals surface area (Å²) >= 11 is 0. The van der Waals surface area contributed by atoms with E-state index in [4.69, 9.17) is 9.47 Å². The number of aliphatic hydroxyl groups is 3. The van der Waals surface area contributed by atoms with Gasteiger partial charge in [-0.15, -0.1) is 0 Å². The Morgan fingerprint density at radius 3 is 1.76 bits per heavy atom. The molecule has 1 saturated heterocycles. The maximum absolute atomic E-state index is 12.2. The zero-order valence-electron chi connectivity index (χ0n) is 26.8. The fourth-order valence-corrected chi connectivity index (χ4v) is 6.28. The van der Waals surface area contributed by atoms with E-state index in [1.165, 1.54) is 57.8 Å². The summed E-state index contributed by atoms with van der Waals surface area (Å²) in [5, 5.41) is 31.3. The molecule has 2 aliphatic rings. The van der Waals surface area contributed by atoms with Crippen LogP contribution in [0.4, 0.5) is 0 Å². The lowest BCUT2D eigenvalue weighted by Gasteiger charge is -2.22. The molecule has 0 aromatic rings. The predicted molar refractivity (Wildman–Crippen MR) is 167 cm³/mol. The molecule has 0 aromatic carbocycles. The fraction of sp³-hybridized carbons (Fsp3) is 0.886. The third-order valence-electron chi connectivity index (χ3n) is 8.94. The van der Waals surface area contributed by atoms with Gasteiger partial charge in [0.15, 0.2) is 0 Å². The van der Waals surface area contributed by atoms with Gasteiger partial charge in [0.05, 0.1) is 30.5 Å². The van der Waals surface area contributed by atoms with Crippen molar-refractivity contribution in [3.8, 4) is 0 Å². The van der Waals surface area contributed by atoms with Crippen molar-refractivity contribution in [1.82, 2.24) is 0 Å². The lowest BCUT2D eigenvalue weighted by atomic mass is 9.99. The van der Waals surface area contributed by atoms with Crippen molar-refractivity contribution in [2.24, 2.45) is 0 Å². The number of rotatable bonds is 26. The molecule has 2 aliphatic heterocycles. The van der Waals surface area contributed by atoms with Gasteiger partial charge in [-0.25, -0.2) is 4.79 Å². The van der Waals surface area contributed by atoms with Crippen LogP contribution in [0.25, 0.3) is 0 Å². The molecule has 7 nitrogen and oxygen atoms in total. The number of esters is 1. The summed E-state index contributed by atoms with van der Waals surface area (Å²) in [5.74, 6) is -0.0860. The molecule has 2 unspecified atom stereocenters. The van der Waals surface area contributed by atoms with Crippen molar-refractivity contribution < 1.29 is 34.4 Å². The van der Waals surface area contributed by atoms with Gasteiger partial charge in [0, 0.05) is 24.8 Å². The third-order valence-corrected chi connectivity index (χ3v) is 8.94. The van der Waals surface area contributed by atoms with E-state index in [0.29, 0.717) is 37.7 Å². The van der Waals surface area contributed by atoms with Gasteiger partial charge < -0.3 is 24.8 Å². The molecule has 2 heterocycles. The summed E-state index contributed by atoms with van der Waals surface area (Å²) in [4.78, 5) is 23.9. The molecule has 7 heteroatoms. The molecule has 0 spiro atoms. The second-order valence-electron chi connectivity index (χ2n) is 12.9. The van der Waals surface area contributed by atoms with Gasteiger partial charge in [-0.2, -0.15) is 0 Å². The fourth-order valence-electron chi connectivity index (χ4n) is 6.28. The van der Waals surface area contributed by atoms with Gasteiger partial charge >= 0.3 is 5.97 Å². The van der Waals surface area contributed by atoms with Gasteiger partial charge in [-0.1, -0.05) is 90.4 Å². The Morgan fingerprint density at radius 1 is 0.762 bits per heavy atom. The molecule has 0 amide bonds. The Balaban J connectivity index is 1.41. The number of carbonyl (C=O) groups excluding carboxylic acids is 2. The minimum Gasteiger partial charge on any atom is -0.455 e. The molecule has 244 valence electrons. The molecule has 0 bridgehead atoms. The molecule has 0 saturated carbocycles. The van der Waals surface area contributed by atoms with Crippen LogP contribution in [0.5, 0.6) is 0 Å². The van der Waals surface area contributed by atoms with Crippen LogP contribution in [0.2, 0.25) is 0 Å². The monoisotopic (exact) mass is 594 g/mol. The summed E-state index contributed by atoms with van der Waals surface area (Å²) in [6.07, 6.45) is 21.7. The SMILES string of the molecule is CCCCCCCCCCCC[C@H](O)[C@@H]1CC[C@@H]([C@@H](O)CCCCCC(=O)CCCCC(O)CC2=CC(C)OC2=O)O1. The molecule has 0 radical (unpaired) electrons. The Hall–Kier alpha value is -1.28. The predicted octanol–water partition coefficient (Wildman–Crippen LogP) is 7.27. The average Bonchev–Trinajstić information content (AvgIpc) is 3.58. The molecular formula is C35H62O7. The zero-order valence-corrected chi connectivity index (χ0v) is 26.8. The van der Waals surface area contributed by atoms with E-state index in [-0.39, 0.29) is 30.1 Å². The highest BCUT2D eigenvalue weighted by molar-refractivity contribution is 5.90. The van der Waals surface area contributed by atoms with Crippen molar-refractivity contribution in [1.29, 1.82) is 0 Å². The highest BCUT2D eigenvalue weighted by Gasteiger charge is 2.34. The minimum atomic E-state index is -0.581. The number of hydrogen-bond acceptors (Lipinski definition) is 7. The molecule has 2 rings (SSSR count). The van der Waals surface area contributed by atoms with Gasteiger partial charge in [-0.3, -0.25) is 4.79 Å². The molecule has 3 N–H and O–H groups in total. The number of ketones is 1. The lowest BCUT2D eigenvalue weighted by molar-refractivity contribution is -0.139. The molecule has 0 aliphatic carbocycles. The van der Waals surface area contributed by atoms with Crippen LogP contribution in [-0.4, -0.2) is 63.7 Å². The number of Topliss-reactive ketones (excluding diaryl/α,β-unsaturated/α-hetero) is 1. The topological polar surface area (TPSA) is 113 Å². The van der Waals surface area contributed by atoms with Crippen molar-refractivity contribution in [3.63, 3.8) is 0 Å². The average molecular weight is 595 g/mol. The molecular weight excluding hydrogens is 532 g/mol. The van der Waals surface area contributed by atoms with Crippen LogP contribution in [0.1, 0.15) is 162 Å². The van der Waals surface area contributed by atoms with E-state index >= 15 is 0 Å². The van der Waals surface area contributed by atoms with E-state index in [1.54, 1.807) is 13.0 Å². The number of aliphatic hydroxyl groups excluding tert-OH is 3. The van der Waals surface area contributed by atoms with Gasteiger partial charge in [-0.05, 0) is 57.9 Å². The normalized spacial score (nSPS) is 22.6. The van der Waals surface area contributed by atoms with Crippen molar-refractivity contribution in [2.75, 3.05) is 0 Å². The van der Waals surface area contributed by atoms with Gasteiger partial charge in [0.25, 0.3) is 0 Å². The summed E-state index contributed by atoms with van der Waals surface area (Å²) < 4.78 is 11.1. The van der Waals surface area contributed by atoms with E-state index in [2.05, 4.69) is 6.92 Å². The summed E-state index contributed by atoms with van der Waals surface area (Å²) in [6.45, 7) is 4.05. The first kappa shape index (κ1) is 36.9. The number of cyclic esters (lactones) is 1. The number of hydrogen-bond donors (Lipinski definition) is 3. The second-order valence-corrected chi connectivity index (χ2v) is 12.9. The van der Waals surface area contributed by atoms with Gasteiger partial charge in [0.1, 0.15) is 11.9 Å². The van der Waals surface area contributed by atoms with Crippen LogP contribution in [0.3, 0.4) is 0 Å². The number of carbonyl (C=O) groups is 2. The largest absolute Gasteiger partial charge is 0.455 e. The highest BCUT2D eigenvalue weighted by atomic mass is 16.5. The van der Waals surface area contributed by atoms with E-state index in [1.807, 2.05) is 0 Å². The second kappa shape index (κ2) is 22.3. The van der Waals surface area contributed by atoms with Crippen LogP contribution in [-0.2, 0) is 19.1 Å². The number of unbranched alkanes of at least 4 members (excludes halogenated alkanes) is 12. The van der Waals surface area contributed by atoms with E-state index < -0.39 is 18.3 Å². The van der Waals surface area contributed by atoms with Crippen LogP contribution < -0.4 is 0 Å². The Bertz CT molecular complexity index is 766. The summed E-state index contributed by atoms with van der Waals surface area (Å²) in [7, 11) is 0. The van der Waals surface area contributed by atoms with Crippen LogP contribution >= 0.6 is 0 Å². The Kier molecular flexibility index (Phi) is 19.6. The minimum absolute atomic E-state index is 0.151. The first-order valence-electron chi connectivity index (χ1n) is 17.4. The van der Waals surface area contributed by atoms with Gasteiger partial charge in [0.2, 0.25) is 0 Å². The maximum atomic E-state index is 12.2. The standard InChI is InChI=1S/C35H62O7/c1-3-4-5-6-7-8-9-10-11-14-21-31(38)33-23-24-34(42-33)32(39)22-15-12-13-18-29(36)19-16-17-20-30(37)26-28-25-27(2)41-35(28)40/h25,27,30-34,37-39H,3-24,26H2,1-2H3/t27?,30?,31-,32-,33-,34-/m0/s1. The van der Waals surface area contributed by atoms with E-state index in [0.717, 1.165) is 57.8 Å². The van der Waals surface area contributed by atoms with Crippen molar-refractivity contribution in [3.05, 3.63) is 11.6 Å². The molecule has 1 fully saturated rings. The van der Waals surface area contributed by atoms with Crippen LogP contribution in [0, 0.1) is 0 Å². The lowest BCUT2D eigenvalue weighted by Crippen LogP contribution is -2.31. The van der Waals surface area contributed by atoms with Crippen molar-refractivity contribution in [2.45, 2.75) is 198 Å². The molecule has 0 aromatic heterocycles. The smallest absolute Gasteiger partial charge is 0.334 e. The highest BCUT2D eigenvalue weighted by Crippen LogP contribution is 2.28. The molecule has 42 heavy (non-hydrogen) atoms. The quantitative estimate of drug-likeness (QED) is 0.0713. The molecule has 6 atom stereocenters. The van der Waals surface area contributed by atoms with Crippen LogP contribution in [0.15, 0.2) is 11.6 Å². The summed E-state index contributed by atoms with van der Waals surface area (Å²) in [6, 6.07) is 0. The Morgan fingerprint density at radius 2 is 1.24 bits per heavy atom. The zero-order chi connectivity index (χ0) is 30.6. The first-order chi connectivity index (χ1) is 20.3. The maximum Gasteiger partial charge on any atom is 0.334 e. The first-order valence-corrected chi connectivity index (χ1v) is 17.4. The van der Waals surface area contributed by atoms with Crippen molar-refractivity contribution >= 4 is 11.8 Å². The summed E-state index contributed by atoms with van der Waals surface area (Å²) in [5.41, 5.74) is 0.549.